The molecule has 0 aliphatic heterocycles. The van der Waals surface area contributed by atoms with Gasteiger partial charge in [-0.2, -0.15) is 0 Å². The molecule has 0 radical (unpaired) electrons. The van der Waals surface area contributed by atoms with Gasteiger partial charge in [-0.25, -0.2) is 4.98 Å². The SMILES string of the molecule is CC(C)Sc1nc2scc(C(C)(C)C)n2c1C=O. The Hall–Kier alpha value is -0.810. The molecule has 0 unspecified atom stereocenters. The van der Waals surface area contributed by atoms with Gasteiger partial charge in [-0.3, -0.25) is 9.20 Å². The van der Waals surface area contributed by atoms with Crippen molar-refractivity contribution in [3.8, 4) is 0 Å². The number of thiazole rings is 1. The number of nitrogens with zero attached hydrogens (tertiary/aromatic N) is 2. The minimum absolute atomic E-state index is 0.0104. The molecule has 0 aromatic carbocycles. The van der Waals surface area contributed by atoms with Gasteiger partial charge >= 0.3 is 0 Å². The van der Waals surface area contributed by atoms with Crippen molar-refractivity contribution in [2.45, 2.75) is 50.3 Å². The molecule has 2 aromatic rings. The second kappa shape index (κ2) is 4.70. The number of hydrogen-bond donors (Lipinski definition) is 0. The van der Waals surface area contributed by atoms with E-state index in [1.807, 2.05) is 4.40 Å². The molecule has 2 aromatic heterocycles. The third kappa shape index (κ3) is 2.34. The minimum atomic E-state index is 0.0104. The van der Waals surface area contributed by atoms with E-state index in [-0.39, 0.29) is 5.41 Å². The summed E-state index contributed by atoms with van der Waals surface area (Å²) in [4.78, 5) is 16.9. The average molecular weight is 282 g/mol. The largest absolute Gasteiger partial charge is 0.296 e. The van der Waals surface area contributed by atoms with Crippen LogP contribution in [-0.4, -0.2) is 20.9 Å². The van der Waals surface area contributed by atoms with Crippen molar-refractivity contribution in [1.82, 2.24) is 9.38 Å². The predicted molar refractivity (Wildman–Crippen MR) is 78.1 cm³/mol. The number of aldehydes is 1. The lowest BCUT2D eigenvalue weighted by molar-refractivity contribution is 0.111. The van der Waals surface area contributed by atoms with Crippen LogP contribution in [0.3, 0.4) is 0 Å². The fourth-order valence-corrected chi connectivity index (χ4v) is 3.82. The molecule has 0 amide bonds. The summed E-state index contributed by atoms with van der Waals surface area (Å²) in [6.45, 7) is 10.7. The van der Waals surface area contributed by atoms with Crippen molar-refractivity contribution in [2.75, 3.05) is 0 Å². The molecule has 0 N–H and O–H groups in total. The molecule has 0 saturated carbocycles. The fourth-order valence-electron chi connectivity index (χ4n) is 1.79. The van der Waals surface area contributed by atoms with Gasteiger partial charge in [0.2, 0.25) is 0 Å². The van der Waals surface area contributed by atoms with Crippen LogP contribution in [0.4, 0.5) is 0 Å². The second-order valence-electron chi connectivity index (χ2n) is 5.58. The Labute approximate surface area is 116 Å². The van der Waals surface area contributed by atoms with E-state index in [9.17, 15) is 4.79 Å². The second-order valence-corrected chi connectivity index (χ2v) is 7.98. The lowest BCUT2D eigenvalue weighted by Crippen LogP contribution is -2.15. The Kier molecular flexibility index (Phi) is 3.56. The summed E-state index contributed by atoms with van der Waals surface area (Å²) in [5, 5.41) is 3.36. The monoisotopic (exact) mass is 282 g/mol. The van der Waals surface area contributed by atoms with Crippen molar-refractivity contribution >= 4 is 34.3 Å². The molecule has 18 heavy (non-hydrogen) atoms. The van der Waals surface area contributed by atoms with E-state index in [0.717, 1.165) is 22.0 Å². The van der Waals surface area contributed by atoms with Gasteiger partial charge in [0.1, 0.15) is 10.7 Å². The van der Waals surface area contributed by atoms with E-state index in [1.165, 1.54) is 0 Å². The van der Waals surface area contributed by atoms with Gasteiger partial charge in [-0.1, -0.05) is 34.6 Å². The van der Waals surface area contributed by atoms with Crippen LogP contribution in [0.5, 0.6) is 0 Å². The third-order valence-electron chi connectivity index (χ3n) is 2.59. The predicted octanol–water partition coefficient (Wildman–Crippen LogP) is 4.01. The molecule has 0 aliphatic carbocycles. The molecule has 2 heterocycles. The van der Waals surface area contributed by atoms with Crippen LogP contribution in [0.1, 0.15) is 50.8 Å². The maximum absolute atomic E-state index is 11.4. The van der Waals surface area contributed by atoms with Gasteiger partial charge in [0.05, 0.1) is 0 Å². The van der Waals surface area contributed by atoms with Gasteiger partial charge in [-0.05, 0) is 0 Å². The maximum Gasteiger partial charge on any atom is 0.195 e. The molecule has 0 fully saturated rings. The normalized spacial score (nSPS) is 12.6. The lowest BCUT2D eigenvalue weighted by atomic mass is 9.93. The number of imidazole rings is 1. The van der Waals surface area contributed by atoms with Crippen LogP contribution in [0.2, 0.25) is 0 Å². The summed E-state index contributed by atoms with van der Waals surface area (Å²) < 4.78 is 2.00. The topological polar surface area (TPSA) is 34.4 Å². The molecular formula is C13H18N2OS2. The summed E-state index contributed by atoms with van der Waals surface area (Å²) in [5.74, 6) is 0. The first-order chi connectivity index (χ1) is 8.34. The van der Waals surface area contributed by atoms with Gasteiger partial charge < -0.3 is 0 Å². The van der Waals surface area contributed by atoms with Crippen molar-refractivity contribution < 1.29 is 4.79 Å². The average Bonchev–Trinajstić information content (AvgIpc) is 2.72. The van der Waals surface area contributed by atoms with E-state index in [0.29, 0.717) is 10.9 Å². The van der Waals surface area contributed by atoms with Crippen LogP contribution >= 0.6 is 23.1 Å². The Balaban J connectivity index is 2.65. The molecule has 2 rings (SSSR count). The molecule has 3 nitrogen and oxygen atoms in total. The van der Waals surface area contributed by atoms with Crippen molar-refractivity contribution in [1.29, 1.82) is 0 Å². The first-order valence-electron chi connectivity index (χ1n) is 5.97. The number of aromatic nitrogens is 2. The van der Waals surface area contributed by atoms with Crippen molar-refractivity contribution in [2.24, 2.45) is 0 Å². The van der Waals surface area contributed by atoms with Crippen LogP contribution in [0.25, 0.3) is 4.96 Å². The Morgan fingerprint density at radius 3 is 2.61 bits per heavy atom. The molecular weight excluding hydrogens is 264 g/mol. The van der Waals surface area contributed by atoms with E-state index in [1.54, 1.807) is 23.1 Å². The molecule has 0 bridgehead atoms. The quantitative estimate of drug-likeness (QED) is 0.630. The standard InChI is InChI=1S/C13H18N2OS2/c1-8(2)18-11-9(6-16)15-10(13(3,4)5)7-17-12(15)14-11/h6-8H,1-5H3. The Morgan fingerprint density at radius 1 is 1.44 bits per heavy atom. The zero-order valence-corrected chi connectivity index (χ0v) is 13.0. The summed E-state index contributed by atoms with van der Waals surface area (Å²) >= 11 is 3.24. The number of thioether (sulfide) groups is 1. The van der Waals surface area contributed by atoms with Gasteiger partial charge in [0.15, 0.2) is 11.2 Å². The molecule has 0 atom stereocenters. The molecule has 0 saturated heterocycles. The minimum Gasteiger partial charge on any atom is -0.296 e. The van der Waals surface area contributed by atoms with Gasteiger partial charge in [0, 0.05) is 21.7 Å². The summed E-state index contributed by atoms with van der Waals surface area (Å²) in [6, 6.07) is 0. The smallest absolute Gasteiger partial charge is 0.195 e. The first-order valence-corrected chi connectivity index (χ1v) is 7.72. The maximum atomic E-state index is 11.4. The molecule has 5 heteroatoms. The molecule has 0 aliphatic rings. The van der Waals surface area contributed by atoms with Crippen molar-refractivity contribution in [3.05, 3.63) is 16.8 Å². The molecule has 0 spiro atoms. The zero-order valence-electron chi connectivity index (χ0n) is 11.4. The Morgan fingerprint density at radius 2 is 2.11 bits per heavy atom. The van der Waals surface area contributed by atoms with E-state index < -0.39 is 0 Å². The number of carbonyl (C=O) groups is 1. The van der Waals surface area contributed by atoms with Crippen LogP contribution in [-0.2, 0) is 5.41 Å². The number of rotatable bonds is 3. The van der Waals surface area contributed by atoms with Crippen LogP contribution in [0.15, 0.2) is 10.4 Å². The van der Waals surface area contributed by atoms with Crippen molar-refractivity contribution in [3.63, 3.8) is 0 Å². The highest BCUT2D eigenvalue weighted by atomic mass is 32.2. The summed E-state index contributed by atoms with van der Waals surface area (Å²) in [6.07, 6.45) is 0.923. The highest BCUT2D eigenvalue weighted by molar-refractivity contribution is 7.99. The Bertz CT molecular complexity index is 576. The van der Waals surface area contributed by atoms with E-state index >= 15 is 0 Å². The lowest BCUT2D eigenvalue weighted by Gasteiger charge is -2.17. The molecule has 98 valence electrons. The fraction of sp³-hybridized carbons (Fsp3) is 0.538. The first kappa shape index (κ1) is 13.6. The van der Waals surface area contributed by atoms with Crippen LogP contribution < -0.4 is 0 Å². The van der Waals surface area contributed by atoms with E-state index in [2.05, 4.69) is 45.0 Å². The highest BCUT2D eigenvalue weighted by Gasteiger charge is 2.24. The highest BCUT2D eigenvalue weighted by Crippen LogP contribution is 2.33. The number of carbonyl (C=O) groups excluding carboxylic acids is 1. The third-order valence-corrected chi connectivity index (χ3v) is 4.41. The summed E-state index contributed by atoms with van der Waals surface area (Å²) in [5.41, 5.74) is 1.85. The van der Waals surface area contributed by atoms with Gasteiger partial charge in [0.25, 0.3) is 0 Å². The van der Waals surface area contributed by atoms with Gasteiger partial charge in [-0.15, -0.1) is 23.1 Å². The van der Waals surface area contributed by atoms with Crippen LogP contribution in [0, 0.1) is 0 Å². The number of hydrogen-bond acceptors (Lipinski definition) is 4. The zero-order chi connectivity index (χ0) is 13.5. The van der Waals surface area contributed by atoms with E-state index in [4.69, 9.17) is 0 Å². The number of fused-ring (bicyclic) bond motifs is 1. The summed E-state index contributed by atoms with van der Waals surface area (Å²) in [7, 11) is 0.